The number of amides is 1. The smallest absolute Gasteiger partial charge is 0.263 e. The van der Waals surface area contributed by atoms with Gasteiger partial charge in [0.1, 0.15) is 5.84 Å². The summed E-state index contributed by atoms with van der Waals surface area (Å²) in [6.45, 7) is 4.46. The lowest BCUT2D eigenvalue weighted by Gasteiger charge is -2.32. The molecule has 0 radical (unpaired) electrons. The maximum Gasteiger partial charge on any atom is 0.263 e. The summed E-state index contributed by atoms with van der Waals surface area (Å²) in [6, 6.07) is 6.48. The van der Waals surface area contributed by atoms with Crippen LogP contribution >= 0.6 is 0 Å². The highest BCUT2D eigenvalue weighted by Crippen LogP contribution is 2.24. The van der Waals surface area contributed by atoms with Crippen molar-refractivity contribution in [2.24, 2.45) is 10.9 Å². The predicted molar refractivity (Wildman–Crippen MR) is 105 cm³/mol. The van der Waals surface area contributed by atoms with Gasteiger partial charge in [0.05, 0.1) is 10.9 Å². The molecule has 27 heavy (non-hydrogen) atoms. The third kappa shape index (κ3) is 4.68. The Kier molecular flexibility index (Phi) is 6.16. The van der Waals surface area contributed by atoms with Gasteiger partial charge in [-0.15, -0.1) is 0 Å². The van der Waals surface area contributed by atoms with Crippen molar-refractivity contribution in [3.63, 3.8) is 0 Å². The van der Waals surface area contributed by atoms with E-state index in [4.69, 9.17) is 0 Å². The minimum Gasteiger partial charge on any atom is -0.343 e. The summed E-state index contributed by atoms with van der Waals surface area (Å²) in [5.74, 6) is 1.10. The average molecular weight is 393 g/mol. The SMILES string of the molecule is CNCCC1CCN(C(=O)CC(C)N=C2NS(=O)(=O)c3ccccc32)CC1. The number of nitrogens with one attached hydrogen (secondary N) is 2. The zero-order valence-corrected chi connectivity index (χ0v) is 16.8. The summed E-state index contributed by atoms with van der Waals surface area (Å²) >= 11 is 0. The van der Waals surface area contributed by atoms with E-state index in [1.54, 1.807) is 24.3 Å². The van der Waals surface area contributed by atoms with Gasteiger partial charge in [-0.3, -0.25) is 14.5 Å². The standard InChI is InChI=1S/C19H28N4O3S/c1-14(13-18(24)23-11-8-15(9-12-23)7-10-20-2)21-19-16-5-3-4-6-17(16)27(25,26)22-19/h3-6,14-15,20H,7-13H2,1-2H3,(H,21,22). The summed E-state index contributed by atoms with van der Waals surface area (Å²) < 4.78 is 26.8. The number of amidine groups is 1. The van der Waals surface area contributed by atoms with Crippen molar-refractivity contribution in [1.82, 2.24) is 14.9 Å². The monoisotopic (exact) mass is 392 g/mol. The minimum atomic E-state index is -3.54. The van der Waals surface area contributed by atoms with Crippen molar-refractivity contribution in [2.45, 2.75) is 43.5 Å². The van der Waals surface area contributed by atoms with Crippen LogP contribution in [0.15, 0.2) is 34.2 Å². The summed E-state index contributed by atoms with van der Waals surface area (Å²) in [6.07, 6.45) is 3.53. The van der Waals surface area contributed by atoms with Gasteiger partial charge in [-0.05, 0) is 57.8 Å². The van der Waals surface area contributed by atoms with Crippen LogP contribution < -0.4 is 10.0 Å². The maximum atomic E-state index is 12.6. The van der Waals surface area contributed by atoms with Gasteiger partial charge in [-0.2, -0.15) is 0 Å². The molecule has 1 aromatic rings. The first-order valence-corrected chi connectivity index (χ1v) is 11.0. The third-order valence-corrected chi connectivity index (χ3v) is 6.65. The fourth-order valence-electron chi connectivity index (χ4n) is 3.70. The number of nitrogens with zero attached hydrogens (tertiary/aromatic N) is 2. The van der Waals surface area contributed by atoms with Crippen LogP contribution in [0.3, 0.4) is 0 Å². The number of sulfonamides is 1. The first-order chi connectivity index (χ1) is 12.9. The molecule has 0 bridgehead atoms. The topological polar surface area (TPSA) is 90.9 Å². The molecular weight excluding hydrogens is 364 g/mol. The quantitative estimate of drug-likeness (QED) is 0.765. The van der Waals surface area contributed by atoms with E-state index in [2.05, 4.69) is 15.0 Å². The zero-order chi connectivity index (χ0) is 19.4. The van der Waals surface area contributed by atoms with Crippen molar-refractivity contribution in [3.05, 3.63) is 29.8 Å². The minimum absolute atomic E-state index is 0.0908. The Morgan fingerprint density at radius 3 is 2.74 bits per heavy atom. The Balaban J connectivity index is 1.58. The largest absolute Gasteiger partial charge is 0.343 e. The molecule has 1 fully saturated rings. The molecule has 2 aliphatic heterocycles. The van der Waals surface area contributed by atoms with Crippen LogP contribution in [0.5, 0.6) is 0 Å². The van der Waals surface area contributed by atoms with E-state index < -0.39 is 10.0 Å². The molecule has 1 unspecified atom stereocenters. The number of carbonyl (C=O) groups is 1. The lowest BCUT2D eigenvalue weighted by molar-refractivity contribution is -0.132. The van der Waals surface area contributed by atoms with Gasteiger partial charge in [-0.1, -0.05) is 12.1 Å². The van der Waals surface area contributed by atoms with Crippen LogP contribution in [-0.2, 0) is 14.8 Å². The van der Waals surface area contributed by atoms with E-state index >= 15 is 0 Å². The van der Waals surface area contributed by atoms with E-state index in [1.165, 1.54) is 0 Å². The number of hydrogen-bond acceptors (Lipinski definition) is 5. The first-order valence-electron chi connectivity index (χ1n) is 9.53. The van der Waals surface area contributed by atoms with Crippen LogP contribution in [0.4, 0.5) is 0 Å². The molecule has 1 saturated heterocycles. The molecule has 1 aromatic carbocycles. The van der Waals surface area contributed by atoms with Gasteiger partial charge in [0, 0.05) is 25.1 Å². The van der Waals surface area contributed by atoms with Crippen LogP contribution in [-0.4, -0.2) is 57.8 Å². The highest BCUT2D eigenvalue weighted by molar-refractivity contribution is 7.90. The van der Waals surface area contributed by atoms with Crippen LogP contribution in [0.25, 0.3) is 0 Å². The Morgan fingerprint density at radius 2 is 2.04 bits per heavy atom. The van der Waals surface area contributed by atoms with Crippen LogP contribution in [0, 0.1) is 5.92 Å². The van der Waals surface area contributed by atoms with Gasteiger partial charge < -0.3 is 10.2 Å². The fourth-order valence-corrected chi connectivity index (χ4v) is 4.94. The molecular formula is C19H28N4O3S. The van der Waals surface area contributed by atoms with Crippen LogP contribution in [0.2, 0.25) is 0 Å². The second-order valence-corrected chi connectivity index (χ2v) is 9.00. The van der Waals surface area contributed by atoms with Gasteiger partial charge in [-0.25, -0.2) is 8.42 Å². The maximum absolute atomic E-state index is 12.6. The Labute approximate surface area is 161 Å². The number of hydrogen-bond donors (Lipinski definition) is 2. The van der Waals surface area contributed by atoms with E-state index in [1.807, 2.05) is 18.9 Å². The molecule has 0 spiro atoms. The second kappa shape index (κ2) is 8.39. The third-order valence-electron chi connectivity index (χ3n) is 5.25. The molecule has 2 heterocycles. The number of piperidine rings is 1. The van der Waals surface area contributed by atoms with E-state index in [-0.39, 0.29) is 23.3 Å². The van der Waals surface area contributed by atoms with Crippen molar-refractivity contribution in [1.29, 1.82) is 0 Å². The normalized spacial score (nSPS) is 21.7. The molecule has 2 N–H and O–H groups in total. The second-order valence-electron chi connectivity index (χ2n) is 7.35. The van der Waals surface area contributed by atoms with E-state index in [0.717, 1.165) is 38.9 Å². The molecule has 0 aliphatic carbocycles. The van der Waals surface area contributed by atoms with Crippen molar-refractivity contribution in [2.75, 3.05) is 26.7 Å². The summed E-state index contributed by atoms with van der Waals surface area (Å²) in [7, 11) is -1.58. The van der Waals surface area contributed by atoms with Gasteiger partial charge in [0.15, 0.2) is 0 Å². The van der Waals surface area contributed by atoms with Crippen LogP contribution in [0.1, 0.15) is 38.2 Å². The number of aliphatic imine (C=N–C) groups is 1. The van der Waals surface area contributed by atoms with Gasteiger partial charge in [0.25, 0.3) is 10.0 Å². The predicted octanol–water partition coefficient (Wildman–Crippen LogP) is 1.35. The summed E-state index contributed by atoms with van der Waals surface area (Å²) in [5.41, 5.74) is 0.571. The van der Waals surface area contributed by atoms with E-state index in [9.17, 15) is 13.2 Å². The highest BCUT2D eigenvalue weighted by Gasteiger charge is 2.31. The first kappa shape index (κ1) is 19.8. The molecule has 0 saturated carbocycles. The molecule has 3 rings (SSSR count). The Hall–Kier alpha value is -1.93. The molecule has 2 aliphatic rings. The Bertz CT molecular complexity index is 814. The van der Waals surface area contributed by atoms with Crippen molar-refractivity contribution >= 4 is 21.8 Å². The zero-order valence-electron chi connectivity index (χ0n) is 15.9. The average Bonchev–Trinajstić information content (AvgIpc) is 2.91. The van der Waals surface area contributed by atoms with Crippen molar-refractivity contribution < 1.29 is 13.2 Å². The van der Waals surface area contributed by atoms with Gasteiger partial charge >= 0.3 is 0 Å². The molecule has 1 atom stereocenters. The summed E-state index contributed by atoms with van der Waals surface area (Å²) in [4.78, 5) is 19.2. The Morgan fingerprint density at radius 1 is 1.33 bits per heavy atom. The van der Waals surface area contributed by atoms with E-state index in [0.29, 0.717) is 17.3 Å². The number of rotatable bonds is 6. The number of fused-ring (bicyclic) bond motifs is 1. The lowest BCUT2D eigenvalue weighted by atomic mass is 9.93. The molecule has 7 nitrogen and oxygen atoms in total. The molecule has 0 aromatic heterocycles. The van der Waals surface area contributed by atoms with Crippen molar-refractivity contribution in [3.8, 4) is 0 Å². The molecule has 1 amide bonds. The molecule has 8 heteroatoms. The lowest BCUT2D eigenvalue weighted by Crippen LogP contribution is -2.40. The fraction of sp³-hybridized carbons (Fsp3) is 0.579. The number of carbonyl (C=O) groups excluding carboxylic acids is 1. The van der Waals surface area contributed by atoms with Gasteiger partial charge in [0.2, 0.25) is 5.91 Å². The number of benzene rings is 1. The highest BCUT2D eigenvalue weighted by atomic mass is 32.2. The number of likely N-dealkylation sites (tertiary alicyclic amines) is 1. The summed E-state index contributed by atoms with van der Waals surface area (Å²) in [5, 5.41) is 3.18. The molecule has 148 valence electrons.